The van der Waals surface area contributed by atoms with Gasteiger partial charge in [-0.05, 0) is 51.3 Å². The van der Waals surface area contributed by atoms with Crippen molar-refractivity contribution in [2.45, 2.75) is 45.1 Å². The van der Waals surface area contributed by atoms with Crippen LogP contribution in [0.3, 0.4) is 0 Å². The van der Waals surface area contributed by atoms with Crippen molar-refractivity contribution in [2.75, 3.05) is 18.8 Å². The van der Waals surface area contributed by atoms with Crippen LogP contribution < -0.4 is 5.73 Å². The van der Waals surface area contributed by atoms with Gasteiger partial charge in [-0.3, -0.25) is 0 Å². The van der Waals surface area contributed by atoms with Gasteiger partial charge in [0.1, 0.15) is 11.4 Å². The number of carbonyl (C=O) groups excluding carboxylic acids is 1. The normalized spacial score (nSPS) is 19.8. The Kier molecular flexibility index (Phi) is 4.16. The molecule has 1 aliphatic heterocycles. The maximum atomic E-state index is 12.1. The second kappa shape index (κ2) is 5.69. The summed E-state index contributed by atoms with van der Waals surface area (Å²) in [7, 11) is 0. The van der Waals surface area contributed by atoms with E-state index in [-0.39, 0.29) is 6.09 Å². The van der Waals surface area contributed by atoms with Crippen molar-refractivity contribution >= 4 is 11.9 Å². The number of anilines is 1. The molecule has 0 bridgehead atoms. The predicted octanol–water partition coefficient (Wildman–Crippen LogP) is 2.78. The number of nitrogens with zero attached hydrogens (tertiary/aromatic N) is 2. The summed E-state index contributed by atoms with van der Waals surface area (Å²) in [5.74, 6) is 0.832. The highest BCUT2D eigenvalue weighted by Gasteiger charge is 2.28. The zero-order valence-corrected chi connectivity index (χ0v) is 12.4. The molecular weight excluding hydrogens is 254 g/mol. The van der Waals surface area contributed by atoms with E-state index in [1.807, 2.05) is 32.9 Å². The molecule has 0 aromatic carbocycles. The first-order valence-corrected chi connectivity index (χ1v) is 7.04. The minimum Gasteiger partial charge on any atom is -0.444 e. The molecule has 1 aromatic heterocycles. The highest BCUT2D eigenvalue weighted by Crippen LogP contribution is 2.28. The molecule has 1 aliphatic rings. The van der Waals surface area contributed by atoms with Gasteiger partial charge in [0.25, 0.3) is 0 Å². The average molecular weight is 277 g/mol. The summed E-state index contributed by atoms with van der Waals surface area (Å²) >= 11 is 0. The van der Waals surface area contributed by atoms with Crippen LogP contribution in [0.4, 0.5) is 10.6 Å². The van der Waals surface area contributed by atoms with Crippen LogP contribution in [0, 0.1) is 0 Å². The molecule has 2 rings (SSSR count). The molecule has 110 valence electrons. The molecule has 1 saturated heterocycles. The Labute approximate surface area is 120 Å². The summed E-state index contributed by atoms with van der Waals surface area (Å²) in [6, 6.07) is 3.86. The quantitative estimate of drug-likeness (QED) is 0.857. The van der Waals surface area contributed by atoms with E-state index in [4.69, 9.17) is 10.5 Å². The fourth-order valence-electron chi connectivity index (χ4n) is 2.46. The fraction of sp³-hybridized carbons (Fsp3) is 0.600. The summed E-state index contributed by atoms with van der Waals surface area (Å²) in [5.41, 5.74) is 6.42. The number of ether oxygens (including phenoxy) is 1. The first kappa shape index (κ1) is 14.6. The number of nitrogens with two attached hydrogens (primary N) is 1. The summed E-state index contributed by atoms with van der Waals surface area (Å²) in [6.45, 7) is 7.09. The van der Waals surface area contributed by atoms with Gasteiger partial charge in [-0.25, -0.2) is 9.78 Å². The molecule has 1 unspecified atom stereocenters. The van der Waals surface area contributed by atoms with Crippen LogP contribution in [-0.4, -0.2) is 34.7 Å². The van der Waals surface area contributed by atoms with Crippen LogP contribution in [0.5, 0.6) is 0 Å². The fourth-order valence-corrected chi connectivity index (χ4v) is 2.46. The van der Waals surface area contributed by atoms with Crippen molar-refractivity contribution in [1.82, 2.24) is 9.88 Å². The van der Waals surface area contributed by atoms with Gasteiger partial charge in [0.2, 0.25) is 0 Å². The minimum absolute atomic E-state index is 0.232. The number of nitrogen functional groups attached to an aromatic ring is 1. The number of amides is 1. The number of pyridine rings is 1. The second-order valence-corrected chi connectivity index (χ2v) is 6.28. The first-order valence-electron chi connectivity index (χ1n) is 7.04. The Morgan fingerprint density at radius 3 is 2.90 bits per heavy atom. The summed E-state index contributed by atoms with van der Waals surface area (Å²) in [6.07, 6.45) is 3.52. The zero-order valence-electron chi connectivity index (χ0n) is 12.4. The van der Waals surface area contributed by atoms with E-state index >= 15 is 0 Å². The highest BCUT2D eigenvalue weighted by molar-refractivity contribution is 5.68. The number of likely N-dealkylation sites (tertiary alicyclic amines) is 1. The lowest BCUT2D eigenvalue weighted by Gasteiger charge is -2.34. The molecule has 5 heteroatoms. The zero-order chi connectivity index (χ0) is 14.8. The maximum absolute atomic E-state index is 12.1. The first-order chi connectivity index (χ1) is 9.35. The number of hydrogen-bond acceptors (Lipinski definition) is 4. The Hall–Kier alpha value is -1.78. The van der Waals surface area contributed by atoms with Crippen LogP contribution >= 0.6 is 0 Å². The van der Waals surface area contributed by atoms with Gasteiger partial charge in [0.05, 0.1) is 0 Å². The van der Waals surface area contributed by atoms with E-state index in [2.05, 4.69) is 4.98 Å². The monoisotopic (exact) mass is 277 g/mol. The van der Waals surface area contributed by atoms with Crippen LogP contribution in [0.2, 0.25) is 0 Å². The van der Waals surface area contributed by atoms with E-state index in [9.17, 15) is 4.79 Å². The van der Waals surface area contributed by atoms with Gasteiger partial charge in [-0.15, -0.1) is 0 Å². The van der Waals surface area contributed by atoms with Crippen LogP contribution in [0.1, 0.15) is 45.1 Å². The van der Waals surface area contributed by atoms with Crippen LogP contribution in [-0.2, 0) is 4.74 Å². The lowest BCUT2D eigenvalue weighted by Crippen LogP contribution is -2.42. The maximum Gasteiger partial charge on any atom is 0.410 e. The second-order valence-electron chi connectivity index (χ2n) is 6.28. The molecule has 0 spiro atoms. The number of piperidine rings is 1. The van der Waals surface area contributed by atoms with Gasteiger partial charge in [-0.1, -0.05) is 0 Å². The molecule has 1 amide bonds. The number of aromatic nitrogens is 1. The van der Waals surface area contributed by atoms with Crippen molar-refractivity contribution in [3.63, 3.8) is 0 Å². The Bertz CT molecular complexity index is 482. The van der Waals surface area contributed by atoms with Gasteiger partial charge >= 0.3 is 6.09 Å². The van der Waals surface area contributed by atoms with E-state index in [0.717, 1.165) is 24.9 Å². The van der Waals surface area contributed by atoms with Gasteiger partial charge in [0.15, 0.2) is 0 Å². The highest BCUT2D eigenvalue weighted by atomic mass is 16.6. The summed E-state index contributed by atoms with van der Waals surface area (Å²) in [4.78, 5) is 17.9. The molecule has 1 aromatic rings. The van der Waals surface area contributed by atoms with Gasteiger partial charge < -0.3 is 15.4 Å². The van der Waals surface area contributed by atoms with Crippen LogP contribution in [0.15, 0.2) is 18.3 Å². The predicted molar refractivity (Wildman–Crippen MR) is 78.4 cm³/mol. The Morgan fingerprint density at radius 1 is 1.50 bits per heavy atom. The van der Waals surface area contributed by atoms with E-state index in [1.165, 1.54) is 0 Å². The van der Waals surface area contributed by atoms with Gasteiger partial charge in [0, 0.05) is 25.2 Å². The molecule has 1 atom stereocenters. The summed E-state index contributed by atoms with van der Waals surface area (Å²) in [5, 5.41) is 0. The molecule has 5 nitrogen and oxygen atoms in total. The molecule has 0 radical (unpaired) electrons. The van der Waals surface area contributed by atoms with E-state index in [1.54, 1.807) is 11.1 Å². The molecule has 2 heterocycles. The molecule has 0 saturated carbocycles. The van der Waals surface area contributed by atoms with Crippen LogP contribution in [0.25, 0.3) is 0 Å². The third kappa shape index (κ3) is 3.85. The smallest absolute Gasteiger partial charge is 0.410 e. The lowest BCUT2D eigenvalue weighted by atomic mass is 9.91. The molecule has 1 fully saturated rings. The number of rotatable bonds is 1. The SMILES string of the molecule is CC(C)(C)OC(=O)N1CCCC(c2ccnc(N)c2)C1. The Morgan fingerprint density at radius 2 is 2.25 bits per heavy atom. The number of carbonyl (C=O) groups is 1. The standard InChI is InChI=1S/C15H23N3O2/c1-15(2,3)20-14(19)18-8-4-5-12(10-18)11-6-7-17-13(16)9-11/h6-7,9,12H,4-5,8,10H2,1-3H3,(H2,16,17). The van der Waals surface area contributed by atoms with Crippen molar-refractivity contribution < 1.29 is 9.53 Å². The lowest BCUT2D eigenvalue weighted by molar-refractivity contribution is 0.0198. The van der Waals surface area contributed by atoms with Gasteiger partial charge in [-0.2, -0.15) is 0 Å². The third-order valence-corrected chi connectivity index (χ3v) is 3.35. The topological polar surface area (TPSA) is 68.5 Å². The third-order valence-electron chi connectivity index (χ3n) is 3.35. The van der Waals surface area contributed by atoms with E-state index < -0.39 is 5.60 Å². The van der Waals surface area contributed by atoms with E-state index in [0.29, 0.717) is 18.3 Å². The van der Waals surface area contributed by atoms with Crippen molar-refractivity contribution in [2.24, 2.45) is 0 Å². The molecular formula is C15H23N3O2. The van der Waals surface area contributed by atoms with Crippen molar-refractivity contribution in [3.8, 4) is 0 Å². The number of hydrogen-bond donors (Lipinski definition) is 1. The molecule has 0 aliphatic carbocycles. The largest absolute Gasteiger partial charge is 0.444 e. The van der Waals surface area contributed by atoms with Crippen molar-refractivity contribution in [3.05, 3.63) is 23.9 Å². The molecule has 20 heavy (non-hydrogen) atoms. The minimum atomic E-state index is -0.453. The summed E-state index contributed by atoms with van der Waals surface area (Å²) < 4.78 is 5.44. The Balaban J connectivity index is 2.03. The van der Waals surface area contributed by atoms with Crippen molar-refractivity contribution in [1.29, 1.82) is 0 Å². The molecule has 2 N–H and O–H groups in total. The average Bonchev–Trinajstić information content (AvgIpc) is 2.37.